The monoisotopic (exact) mass is 350 g/mol. The minimum atomic E-state index is -0.417. The molecule has 0 radical (unpaired) electrons. The van der Waals surface area contributed by atoms with Gasteiger partial charge in [0.15, 0.2) is 10.9 Å². The summed E-state index contributed by atoms with van der Waals surface area (Å²) in [6, 6.07) is 0. The number of thioether (sulfide) groups is 3. The maximum absolute atomic E-state index is 11.2. The van der Waals surface area contributed by atoms with Gasteiger partial charge in [0.25, 0.3) is 0 Å². The van der Waals surface area contributed by atoms with Gasteiger partial charge in [-0.15, -0.1) is 23.5 Å². The summed E-state index contributed by atoms with van der Waals surface area (Å²) in [5.41, 5.74) is -0.430. The summed E-state index contributed by atoms with van der Waals surface area (Å²) in [5, 5.41) is 0. The van der Waals surface area contributed by atoms with Crippen LogP contribution < -0.4 is 0 Å². The van der Waals surface area contributed by atoms with E-state index in [4.69, 9.17) is 9.47 Å². The van der Waals surface area contributed by atoms with E-state index in [0.717, 1.165) is 23.7 Å². The molecule has 0 bridgehead atoms. The van der Waals surface area contributed by atoms with Crippen LogP contribution in [0.2, 0.25) is 0 Å². The molecule has 0 spiro atoms. The molecular formula is C14H22O4S3. The number of hydrogen-bond donors (Lipinski definition) is 0. The predicted molar refractivity (Wildman–Crippen MR) is 93.7 cm³/mol. The van der Waals surface area contributed by atoms with Gasteiger partial charge in [0.05, 0.1) is 0 Å². The highest BCUT2D eigenvalue weighted by Gasteiger charge is 2.16. The van der Waals surface area contributed by atoms with Gasteiger partial charge in [0, 0.05) is 23.7 Å². The molecule has 0 rings (SSSR count). The maximum atomic E-state index is 11.2. The van der Waals surface area contributed by atoms with E-state index in [1.165, 1.54) is 0 Å². The van der Waals surface area contributed by atoms with Crippen LogP contribution in [-0.2, 0) is 19.1 Å². The van der Waals surface area contributed by atoms with E-state index in [-0.39, 0.29) is 10.9 Å². The Morgan fingerprint density at radius 3 is 1.62 bits per heavy atom. The molecule has 0 heterocycles. The fourth-order valence-electron chi connectivity index (χ4n) is 1.22. The first kappa shape index (κ1) is 20.5. The highest BCUT2D eigenvalue weighted by molar-refractivity contribution is 8.04. The zero-order valence-corrected chi connectivity index (χ0v) is 14.9. The number of ether oxygens (including phenoxy) is 2. The van der Waals surface area contributed by atoms with Crippen molar-refractivity contribution in [3.05, 3.63) is 25.3 Å². The second-order valence-corrected chi connectivity index (χ2v) is 7.54. The molecule has 0 aromatic rings. The van der Waals surface area contributed by atoms with Crippen LogP contribution in [0.1, 0.15) is 13.8 Å². The van der Waals surface area contributed by atoms with E-state index < -0.39 is 11.9 Å². The van der Waals surface area contributed by atoms with Gasteiger partial charge >= 0.3 is 11.9 Å². The molecule has 0 fully saturated rings. The SMILES string of the molecule is C=CC(=O)OC(CSCC(OC(=O)C=C)SCC)SCC. The van der Waals surface area contributed by atoms with Crippen molar-refractivity contribution in [2.75, 3.05) is 23.0 Å². The normalized spacial score (nSPS) is 13.0. The van der Waals surface area contributed by atoms with Crippen LogP contribution in [0.3, 0.4) is 0 Å². The number of carbonyl (C=O) groups is 2. The van der Waals surface area contributed by atoms with Crippen LogP contribution in [0.5, 0.6) is 0 Å². The van der Waals surface area contributed by atoms with Crippen molar-refractivity contribution in [3.8, 4) is 0 Å². The second-order valence-electron chi connectivity index (χ2n) is 3.59. The van der Waals surface area contributed by atoms with Crippen molar-refractivity contribution in [3.63, 3.8) is 0 Å². The van der Waals surface area contributed by atoms with Gasteiger partial charge in [-0.3, -0.25) is 0 Å². The van der Waals surface area contributed by atoms with Gasteiger partial charge in [-0.2, -0.15) is 11.8 Å². The average molecular weight is 351 g/mol. The van der Waals surface area contributed by atoms with Crippen LogP contribution in [0.4, 0.5) is 0 Å². The lowest BCUT2D eigenvalue weighted by Gasteiger charge is -2.18. The molecule has 0 saturated carbocycles. The second kappa shape index (κ2) is 13.2. The molecule has 7 heteroatoms. The van der Waals surface area contributed by atoms with Gasteiger partial charge in [-0.1, -0.05) is 27.0 Å². The number of carbonyl (C=O) groups excluding carboxylic acids is 2. The summed E-state index contributed by atoms with van der Waals surface area (Å²) in [6.45, 7) is 10.8. The van der Waals surface area contributed by atoms with E-state index in [0.29, 0.717) is 11.5 Å². The number of hydrogen-bond acceptors (Lipinski definition) is 7. The van der Waals surface area contributed by atoms with E-state index in [9.17, 15) is 9.59 Å². The number of esters is 2. The third-order valence-electron chi connectivity index (χ3n) is 2.04. The molecule has 0 aliphatic carbocycles. The van der Waals surface area contributed by atoms with Crippen LogP contribution in [0, 0.1) is 0 Å². The Kier molecular flexibility index (Phi) is 12.8. The van der Waals surface area contributed by atoms with E-state index in [2.05, 4.69) is 13.2 Å². The lowest BCUT2D eigenvalue weighted by molar-refractivity contribution is -0.139. The van der Waals surface area contributed by atoms with Crippen LogP contribution >= 0.6 is 35.3 Å². The molecule has 0 aliphatic rings. The van der Waals surface area contributed by atoms with Gasteiger partial charge in [-0.05, 0) is 11.5 Å². The third kappa shape index (κ3) is 10.8. The molecule has 120 valence electrons. The summed E-state index contributed by atoms with van der Waals surface area (Å²) in [7, 11) is 0. The minimum Gasteiger partial charge on any atom is -0.447 e. The first-order valence-corrected chi connectivity index (χ1v) is 9.79. The summed E-state index contributed by atoms with van der Waals surface area (Å²) < 4.78 is 10.5. The van der Waals surface area contributed by atoms with Crippen molar-refractivity contribution < 1.29 is 19.1 Å². The molecule has 0 saturated heterocycles. The Morgan fingerprint density at radius 1 is 0.952 bits per heavy atom. The molecule has 0 aliphatic heterocycles. The highest BCUT2D eigenvalue weighted by atomic mass is 32.2. The molecule has 4 nitrogen and oxygen atoms in total. The lowest BCUT2D eigenvalue weighted by atomic mass is 10.6. The Labute approximate surface area is 139 Å². The quantitative estimate of drug-likeness (QED) is 0.304. The van der Waals surface area contributed by atoms with Crippen molar-refractivity contribution >= 4 is 47.2 Å². The molecule has 21 heavy (non-hydrogen) atoms. The third-order valence-corrected chi connectivity index (χ3v) is 5.48. The summed E-state index contributed by atoms with van der Waals surface area (Å²) in [5.74, 6) is 2.16. The fourth-order valence-corrected chi connectivity index (χ4v) is 4.29. The Morgan fingerprint density at radius 2 is 1.33 bits per heavy atom. The van der Waals surface area contributed by atoms with Crippen molar-refractivity contribution in [1.29, 1.82) is 0 Å². The van der Waals surface area contributed by atoms with E-state index >= 15 is 0 Å². The molecule has 0 aromatic heterocycles. The highest BCUT2D eigenvalue weighted by Crippen LogP contribution is 2.22. The molecule has 0 aromatic carbocycles. The van der Waals surface area contributed by atoms with Crippen LogP contribution in [-0.4, -0.2) is 45.8 Å². The van der Waals surface area contributed by atoms with Crippen LogP contribution in [0.15, 0.2) is 25.3 Å². The standard InChI is InChI=1S/C14H22O4S3/c1-5-11(15)17-13(20-7-3)9-19-10-14(21-8-4)18-12(16)6-2/h5-6,13-14H,1-2,7-10H2,3-4H3. The van der Waals surface area contributed by atoms with E-state index in [1.54, 1.807) is 35.3 Å². The van der Waals surface area contributed by atoms with Gasteiger partial charge in [-0.25, -0.2) is 9.59 Å². The van der Waals surface area contributed by atoms with Crippen molar-refractivity contribution in [2.45, 2.75) is 24.7 Å². The largest absolute Gasteiger partial charge is 0.447 e. The zero-order valence-electron chi connectivity index (χ0n) is 12.4. The molecule has 0 amide bonds. The molecular weight excluding hydrogens is 328 g/mol. The fraction of sp³-hybridized carbons (Fsp3) is 0.571. The Bertz CT molecular complexity index is 315. The summed E-state index contributed by atoms with van der Waals surface area (Å²) in [4.78, 5) is 22.5. The minimum absolute atomic E-state index is 0.215. The van der Waals surface area contributed by atoms with Gasteiger partial charge in [0.2, 0.25) is 0 Å². The topological polar surface area (TPSA) is 52.6 Å². The predicted octanol–water partition coefficient (Wildman–Crippen LogP) is 3.34. The molecule has 2 unspecified atom stereocenters. The molecule has 0 N–H and O–H groups in total. The number of rotatable bonds is 12. The lowest BCUT2D eigenvalue weighted by Crippen LogP contribution is -2.20. The Hall–Kier alpha value is -0.530. The summed E-state index contributed by atoms with van der Waals surface area (Å²) in [6.07, 6.45) is 2.32. The molecule has 2 atom stereocenters. The smallest absolute Gasteiger partial charge is 0.331 e. The first-order chi connectivity index (χ1) is 10.1. The van der Waals surface area contributed by atoms with Gasteiger partial charge in [0.1, 0.15) is 0 Å². The van der Waals surface area contributed by atoms with Crippen molar-refractivity contribution in [2.24, 2.45) is 0 Å². The average Bonchev–Trinajstić information content (AvgIpc) is 2.47. The van der Waals surface area contributed by atoms with Gasteiger partial charge < -0.3 is 9.47 Å². The van der Waals surface area contributed by atoms with Crippen LogP contribution in [0.25, 0.3) is 0 Å². The van der Waals surface area contributed by atoms with E-state index in [1.807, 2.05) is 13.8 Å². The maximum Gasteiger partial charge on any atom is 0.331 e. The summed E-state index contributed by atoms with van der Waals surface area (Å²) >= 11 is 4.71. The zero-order chi connectivity index (χ0) is 16.1. The van der Waals surface area contributed by atoms with Crippen molar-refractivity contribution in [1.82, 2.24) is 0 Å². The Balaban J connectivity index is 4.22. The first-order valence-electron chi connectivity index (χ1n) is 6.54.